The molecular weight excluding hydrogens is 188 g/mol. The van der Waals surface area contributed by atoms with Crippen LogP contribution in [0.1, 0.15) is 18.9 Å². The van der Waals surface area contributed by atoms with Crippen molar-refractivity contribution >= 4 is 11.6 Å². The fourth-order valence-corrected chi connectivity index (χ4v) is 1.39. The lowest BCUT2D eigenvalue weighted by atomic mass is 10.2. The topological polar surface area (TPSA) is 44.1 Å². The molecule has 3 heteroatoms. The number of carbonyl (C=O) groups is 1. The third kappa shape index (κ3) is 2.81. The Bertz CT molecular complexity index is 376. The fourth-order valence-electron chi connectivity index (χ4n) is 1.39. The monoisotopic (exact) mass is 202 g/mol. The van der Waals surface area contributed by atoms with Crippen molar-refractivity contribution in [2.24, 2.45) is 0 Å². The zero-order chi connectivity index (χ0) is 11.3. The molecule has 0 heterocycles. The summed E-state index contributed by atoms with van der Waals surface area (Å²) in [5.74, 6) is -0.149. The molecule has 1 amide bonds. The van der Waals surface area contributed by atoms with Crippen molar-refractivity contribution in [3.63, 3.8) is 0 Å². The summed E-state index contributed by atoms with van der Waals surface area (Å²) in [6.45, 7) is 4.48. The Balaban J connectivity index is 2.88. The Morgan fingerprint density at radius 2 is 2.00 bits per heavy atom. The predicted molar refractivity (Wildman–Crippen MR) is 59.4 cm³/mol. The number of amides is 1. The molecule has 0 atom stereocenters. The molecule has 1 rings (SSSR count). The zero-order valence-electron chi connectivity index (χ0n) is 9.03. The van der Waals surface area contributed by atoms with Crippen molar-refractivity contribution in [1.82, 2.24) is 0 Å². The number of rotatable bonds is 3. The number of aryl methyl sites for hydroxylation is 1. The molecule has 0 aliphatic rings. The molecule has 0 saturated heterocycles. The molecule has 0 aromatic heterocycles. The maximum atomic E-state index is 11.6. The van der Waals surface area contributed by atoms with Crippen molar-refractivity contribution in [2.45, 2.75) is 20.3 Å². The van der Waals surface area contributed by atoms with Crippen LogP contribution in [0.5, 0.6) is 0 Å². The molecule has 0 radical (unpaired) electrons. The van der Waals surface area contributed by atoms with Gasteiger partial charge in [0.25, 0.3) is 0 Å². The van der Waals surface area contributed by atoms with Crippen LogP contribution in [0.15, 0.2) is 24.3 Å². The second kappa shape index (κ2) is 5.16. The van der Waals surface area contributed by atoms with Gasteiger partial charge in [0.05, 0.1) is 6.07 Å². The molecule has 0 N–H and O–H groups in total. The SMILES string of the molecule is CCN(C(=O)CC#N)c1ccc(C)cc1. The number of nitriles is 1. The lowest BCUT2D eigenvalue weighted by Crippen LogP contribution is -2.29. The molecule has 15 heavy (non-hydrogen) atoms. The molecule has 78 valence electrons. The van der Waals surface area contributed by atoms with Crippen LogP contribution in [0, 0.1) is 18.3 Å². The van der Waals surface area contributed by atoms with E-state index in [0.717, 1.165) is 11.3 Å². The summed E-state index contributed by atoms with van der Waals surface area (Å²) in [5, 5.41) is 8.47. The van der Waals surface area contributed by atoms with Gasteiger partial charge >= 0.3 is 0 Å². The first-order valence-electron chi connectivity index (χ1n) is 4.93. The zero-order valence-corrected chi connectivity index (χ0v) is 9.03. The Kier molecular flexibility index (Phi) is 3.87. The highest BCUT2D eigenvalue weighted by Gasteiger charge is 2.12. The molecule has 0 bridgehead atoms. The smallest absolute Gasteiger partial charge is 0.241 e. The lowest BCUT2D eigenvalue weighted by molar-refractivity contribution is -0.117. The summed E-state index contributed by atoms with van der Waals surface area (Å²) >= 11 is 0. The van der Waals surface area contributed by atoms with Gasteiger partial charge in [0, 0.05) is 12.2 Å². The van der Waals surface area contributed by atoms with E-state index in [1.54, 1.807) is 4.90 Å². The largest absolute Gasteiger partial charge is 0.312 e. The van der Waals surface area contributed by atoms with E-state index >= 15 is 0 Å². The molecule has 0 saturated carbocycles. The predicted octanol–water partition coefficient (Wildman–Crippen LogP) is 2.26. The van der Waals surface area contributed by atoms with Crippen molar-refractivity contribution in [1.29, 1.82) is 5.26 Å². The highest BCUT2D eigenvalue weighted by Crippen LogP contribution is 2.15. The third-order valence-corrected chi connectivity index (χ3v) is 2.19. The first kappa shape index (κ1) is 11.3. The van der Waals surface area contributed by atoms with Crippen molar-refractivity contribution in [2.75, 3.05) is 11.4 Å². The standard InChI is InChI=1S/C12H14N2O/c1-3-14(12(15)8-9-13)11-6-4-10(2)5-7-11/h4-7H,3,8H2,1-2H3. The first-order valence-corrected chi connectivity index (χ1v) is 4.93. The minimum atomic E-state index is -0.149. The minimum Gasteiger partial charge on any atom is -0.312 e. The Morgan fingerprint density at radius 1 is 1.40 bits per heavy atom. The van der Waals surface area contributed by atoms with Gasteiger partial charge in [0.15, 0.2) is 0 Å². The van der Waals surface area contributed by atoms with Crippen LogP contribution in [0.3, 0.4) is 0 Å². The van der Waals surface area contributed by atoms with E-state index in [0.29, 0.717) is 6.54 Å². The highest BCUT2D eigenvalue weighted by atomic mass is 16.2. The molecule has 0 aliphatic heterocycles. The molecular formula is C12H14N2O. The van der Waals surface area contributed by atoms with Crippen LogP contribution in [-0.2, 0) is 4.79 Å². The molecule has 1 aromatic rings. The second-order valence-electron chi connectivity index (χ2n) is 3.31. The van der Waals surface area contributed by atoms with Crippen LogP contribution >= 0.6 is 0 Å². The number of anilines is 1. The maximum Gasteiger partial charge on any atom is 0.241 e. The van der Waals surface area contributed by atoms with E-state index < -0.39 is 0 Å². The van der Waals surface area contributed by atoms with Crippen LogP contribution < -0.4 is 4.90 Å². The van der Waals surface area contributed by atoms with Crippen LogP contribution in [0.4, 0.5) is 5.69 Å². The summed E-state index contributed by atoms with van der Waals surface area (Å²) < 4.78 is 0. The fraction of sp³-hybridized carbons (Fsp3) is 0.333. The normalized spacial score (nSPS) is 9.40. The maximum absolute atomic E-state index is 11.6. The second-order valence-corrected chi connectivity index (χ2v) is 3.31. The van der Waals surface area contributed by atoms with Gasteiger partial charge in [0.1, 0.15) is 6.42 Å². The van der Waals surface area contributed by atoms with Gasteiger partial charge in [-0.15, -0.1) is 0 Å². The van der Waals surface area contributed by atoms with Crippen LogP contribution in [0.2, 0.25) is 0 Å². The van der Waals surface area contributed by atoms with Crippen molar-refractivity contribution in [3.05, 3.63) is 29.8 Å². The van der Waals surface area contributed by atoms with E-state index in [9.17, 15) is 4.79 Å². The van der Waals surface area contributed by atoms with Gasteiger partial charge in [0.2, 0.25) is 5.91 Å². The average molecular weight is 202 g/mol. The average Bonchev–Trinajstić information content (AvgIpc) is 2.22. The third-order valence-electron chi connectivity index (χ3n) is 2.19. The van der Waals surface area contributed by atoms with E-state index in [-0.39, 0.29) is 12.3 Å². The van der Waals surface area contributed by atoms with Gasteiger partial charge in [-0.1, -0.05) is 17.7 Å². The van der Waals surface area contributed by atoms with Gasteiger partial charge < -0.3 is 4.90 Å². The van der Waals surface area contributed by atoms with E-state index in [1.807, 2.05) is 44.2 Å². The van der Waals surface area contributed by atoms with Gasteiger partial charge in [-0.05, 0) is 26.0 Å². The molecule has 3 nitrogen and oxygen atoms in total. The number of hydrogen-bond acceptors (Lipinski definition) is 2. The number of benzene rings is 1. The Hall–Kier alpha value is -1.82. The number of nitrogens with zero attached hydrogens (tertiary/aromatic N) is 2. The first-order chi connectivity index (χ1) is 7.19. The van der Waals surface area contributed by atoms with Gasteiger partial charge in [-0.25, -0.2) is 0 Å². The summed E-state index contributed by atoms with van der Waals surface area (Å²) in [4.78, 5) is 13.2. The summed E-state index contributed by atoms with van der Waals surface area (Å²) in [6, 6.07) is 9.58. The number of carbonyl (C=O) groups excluding carboxylic acids is 1. The molecule has 0 aliphatic carbocycles. The van der Waals surface area contributed by atoms with Crippen molar-refractivity contribution in [3.8, 4) is 6.07 Å². The van der Waals surface area contributed by atoms with Crippen LogP contribution in [-0.4, -0.2) is 12.5 Å². The number of hydrogen-bond donors (Lipinski definition) is 0. The van der Waals surface area contributed by atoms with Crippen molar-refractivity contribution < 1.29 is 4.79 Å². The van der Waals surface area contributed by atoms with E-state index in [2.05, 4.69) is 0 Å². The highest BCUT2D eigenvalue weighted by molar-refractivity contribution is 5.94. The molecule has 0 fully saturated rings. The van der Waals surface area contributed by atoms with Crippen LogP contribution in [0.25, 0.3) is 0 Å². The summed E-state index contributed by atoms with van der Waals surface area (Å²) in [7, 11) is 0. The molecule has 0 unspecified atom stereocenters. The molecule has 1 aromatic carbocycles. The summed E-state index contributed by atoms with van der Waals surface area (Å²) in [5.41, 5.74) is 2.01. The Labute approximate surface area is 89.9 Å². The molecule has 0 spiro atoms. The Morgan fingerprint density at radius 3 is 2.47 bits per heavy atom. The minimum absolute atomic E-state index is 0.0677. The summed E-state index contributed by atoms with van der Waals surface area (Å²) in [6.07, 6.45) is -0.0677. The van der Waals surface area contributed by atoms with E-state index in [1.165, 1.54) is 0 Å². The quantitative estimate of drug-likeness (QED) is 0.754. The van der Waals surface area contributed by atoms with Gasteiger partial charge in [-0.2, -0.15) is 5.26 Å². The van der Waals surface area contributed by atoms with E-state index in [4.69, 9.17) is 5.26 Å². The van der Waals surface area contributed by atoms with Gasteiger partial charge in [-0.3, -0.25) is 4.79 Å². The lowest BCUT2D eigenvalue weighted by Gasteiger charge is -2.19.